The van der Waals surface area contributed by atoms with Gasteiger partial charge in [0.1, 0.15) is 23.4 Å². The zero-order valence-electron chi connectivity index (χ0n) is 18.7. The number of aryl methyl sites for hydroxylation is 3. The second-order valence-electron chi connectivity index (χ2n) is 9.45. The number of hydrogen-bond acceptors (Lipinski definition) is 3. The second-order valence-corrected chi connectivity index (χ2v) is 9.45. The van der Waals surface area contributed by atoms with E-state index in [1.807, 2.05) is 11.8 Å². The first-order valence-corrected chi connectivity index (χ1v) is 11.3. The van der Waals surface area contributed by atoms with Gasteiger partial charge in [-0.3, -0.25) is 4.79 Å². The number of nitrogens with one attached hydrogen (secondary N) is 1. The molecule has 1 aromatic heterocycles. The first-order chi connectivity index (χ1) is 15.3. The fourth-order valence-corrected chi connectivity index (χ4v) is 5.54. The summed E-state index contributed by atoms with van der Waals surface area (Å²) in [5.41, 5.74) is 4.99. The molecule has 5 rings (SSSR count). The minimum absolute atomic E-state index is 0.0254. The van der Waals surface area contributed by atoms with Crippen LogP contribution >= 0.6 is 0 Å². The minimum atomic E-state index is -0.600. The van der Waals surface area contributed by atoms with Crippen molar-refractivity contribution in [3.8, 4) is 5.75 Å². The van der Waals surface area contributed by atoms with E-state index in [4.69, 9.17) is 4.74 Å². The van der Waals surface area contributed by atoms with E-state index in [0.717, 1.165) is 27.6 Å². The number of benzene rings is 2. The molecule has 1 saturated heterocycles. The SMILES string of the molecule is Cc1ccc(C)c2c(C)c(C(=O)N3C[C@H]4C[C@@H](Oc5ccc(F)cc5)[C@H](O)C[C@H]4C3)[nH]c12. The van der Waals surface area contributed by atoms with Crippen molar-refractivity contribution in [1.82, 2.24) is 9.88 Å². The topological polar surface area (TPSA) is 65.6 Å². The summed E-state index contributed by atoms with van der Waals surface area (Å²) in [7, 11) is 0. The quantitative estimate of drug-likeness (QED) is 0.634. The molecule has 2 heterocycles. The van der Waals surface area contributed by atoms with E-state index in [2.05, 4.69) is 31.0 Å². The van der Waals surface area contributed by atoms with Crippen LogP contribution in [0.5, 0.6) is 5.75 Å². The van der Waals surface area contributed by atoms with Gasteiger partial charge < -0.3 is 19.7 Å². The van der Waals surface area contributed by atoms with Crippen LogP contribution in [0.25, 0.3) is 10.9 Å². The summed E-state index contributed by atoms with van der Waals surface area (Å²) in [4.78, 5) is 18.8. The van der Waals surface area contributed by atoms with Crippen molar-refractivity contribution in [2.75, 3.05) is 13.1 Å². The third-order valence-electron chi connectivity index (χ3n) is 7.31. The lowest BCUT2D eigenvalue weighted by Gasteiger charge is -2.35. The van der Waals surface area contributed by atoms with Gasteiger partial charge in [0.05, 0.1) is 6.10 Å². The molecule has 2 fully saturated rings. The van der Waals surface area contributed by atoms with Crippen LogP contribution in [0.1, 0.15) is 40.0 Å². The summed E-state index contributed by atoms with van der Waals surface area (Å²) in [5, 5.41) is 11.8. The highest BCUT2D eigenvalue weighted by Crippen LogP contribution is 2.39. The predicted molar refractivity (Wildman–Crippen MR) is 121 cm³/mol. The molecule has 0 unspecified atom stereocenters. The van der Waals surface area contributed by atoms with Gasteiger partial charge in [-0.15, -0.1) is 0 Å². The average Bonchev–Trinajstić information content (AvgIpc) is 3.34. The fourth-order valence-electron chi connectivity index (χ4n) is 5.54. The maximum absolute atomic E-state index is 13.5. The fraction of sp³-hybridized carbons (Fsp3) is 0.423. The van der Waals surface area contributed by atoms with E-state index >= 15 is 0 Å². The summed E-state index contributed by atoms with van der Waals surface area (Å²) >= 11 is 0. The first-order valence-electron chi connectivity index (χ1n) is 11.3. The number of amides is 1. The van der Waals surface area contributed by atoms with Gasteiger partial charge >= 0.3 is 0 Å². The van der Waals surface area contributed by atoms with Gasteiger partial charge in [-0.2, -0.15) is 0 Å². The molecule has 0 radical (unpaired) electrons. The highest BCUT2D eigenvalue weighted by atomic mass is 19.1. The third-order valence-corrected chi connectivity index (χ3v) is 7.31. The Labute approximate surface area is 187 Å². The number of aromatic amines is 1. The number of rotatable bonds is 3. The van der Waals surface area contributed by atoms with E-state index in [1.54, 1.807) is 12.1 Å². The zero-order valence-corrected chi connectivity index (χ0v) is 18.7. The summed E-state index contributed by atoms with van der Waals surface area (Å²) in [6.45, 7) is 7.45. The Kier molecular flexibility index (Phi) is 5.20. The number of aromatic nitrogens is 1. The highest BCUT2D eigenvalue weighted by Gasteiger charge is 2.44. The molecule has 1 amide bonds. The van der Waals surface area contributed by atoms with Crippen LogP contribution in [0.4, 0.5) is 4.39 Å². The minimum Gasteiger partial charge on any atom is -0.488 e. The number of nitrogens with zero attached hydrogens (tertiary/aromatic N) is 1. The molecular formula is C26H29FN2O3. The molecule has 0 spiro atoms. The third kappa shape index (κ3) is 3.56. The molecule has 2 aliphatic rings. The van der Waals surface area contributed by atoms with Crippen LogP contribution in [0, 0.1) is 38.4 Å². The van der Waals surface area contributed by atoms with E-state index in [1.165, 1.54) is 12.1 Å². The Bertz CT molecular complexity index is 1170. The Morgan fingerprint density at radius 3 is 2.38 bits per heavy atom. The number of carbonyl (C=O) groups is 1. The van der Waals surface area contributed by atoms with Crippen molar-refractivity contribution in [3.63, 3.8) is 0 Å². The number of fused-ring (bicyclic) bond motifs is 2. The molecule has 5 nitrogen and oxygen atoms in total. The number of ether oxygens (including phenoxy) is 1. The van der Waals surface area contributed by atoms with Crippen LogP contribution in [0.2, 0.25) is 0 Å². The van der Waals surface area contributed by atoms with Gasteiger partial charge in [-0.25, -0.2) is 4.39 Å². The van der Waals surface area contributed by atoms with Crippen LogP contribution in [0.3, 0.4) is 0 Å². The molecule has 0 bridgehead atoms. The maximum atomic E-state index is 13.5. The first kappa shape index (κ1) is 21.0. The molecule has 3 aromatic rings. The Balaban J connectivity index is 1.33. The van der Waals surface area contributed by atoms with Crippen molar-refractivity contribution in [3.05, 3.63) is 64.6 Å². The molecule has 4 atom stereocenters. The maximum Gasteiger partial charge on any atom is 0.270 e. The van der Waals surface area contributed by atoms with Gasteiger partial charge in [-0.05, 0) is 86.4 Å². The van der Waals surface area contributed by atoms with Crippen molar-refractivity contribution < 1.29 is 19.0 Å². The lowest BCUT2D eigenvalue weighted by molar-refractivity contribution is -0.0231. The largest absolute Gasteiger partial charge is 0.488 e. The van der Waals surface area contributed by atoms with Crippen molar-refractivity contribution in [2.45, 2.75) is 45.8 Å². The molecular weight excluding hydrogens is 407 g/mol. The molecule has 2 N–H and O–H groups in total. The van der Waals surface area contributed by atoms with Crippen LogP contribution < -0.4 is 4.74 Å². The smallest absolute Gasteiger partial charge is 0.270 e. The molecule has 168 valence electrons. The summed E-state index contributed by atoms with van der Waals surface area (Å²) in [5.74, 6) is 0.803. The summed E-state index contributed by atoms with van der Waals surface area (Å²) in [6, 6.07) is 10.1. The van der Waals surface area contributed by atoms with Gasteiger partial charge in [0.2, 0.25) is 0 Å². The number of aliphatic hydroxyl groups is 1. The van der Waals surface area contributed by atoms with Gasteiger partial charge in [0.15, 0.2) is 0 Å². The summed E-state index contributed by atoms with van der Waals surface area (Å²) in [6.07, 6.45) is 0.328. The normalized spacial score (nSPS) is 25.2. The molecule has 1 saturated carbocycles. The second kappa shape index (κ2) is 7.93. The van der Waals surface area contributed by atoms with Crippen LogP contribution in [-0.2, 0) is 0 Å². The molecule has 6 heteroatoms. The van der Waals surface area contributed by atoms with E-state index < -0.39 is 6.10 Å². The van der Waals surface area contributed by atoms with E-state index in [-0.39, 0.29) is 29.7 Å². The number of hydrogen-bond donors (Lipinski definition) is 2. The highest BCUT2D eigenvalue weighted by molar-refractivity contribution is 6.02. The molecule has 1 aliphatic heterocycles. The number of aliphatic hydroxyl groups excluding tert-OH is 1. The van der Waals surface area contributed by atoms with Crippen molar-refractivity contribution >= 4 is 16.8 Å². The van der Waals surface area contributed by atoms with Crippen molar-refractivity contribution in [1.29, 1.82) is 0 Å². The van der Waals surface area contributed by atoms with E-state index in [0.29, 0.717) is 37.4 Å². The number of halogens is 1. The van der Waals surface area contributed by atoms with Gasteiger partial charge in [0.25, 0.3) is 5.91 Å². The lowest BCUT2D eigenvalue weighted by Crippen LogP contribution is -2.42. The lowest BCUT2D eigenvalue weighted by atomic mass is 9.78. The number of likely N-dealkylation sites (tertiary alicyclic amines) is 1. The Morgan fingerprint density at radius 2 is 1.69 bits per heavy atom. The molecule has 2 aromatic carbocycles. The predicted octanol–water partition coefficient (Wildman–Crippen LogP) is 4.52. The Hall–Kier alpha value is -2.86. The summed E-state index contributed by atoms with van der Waals surface area (Å²) < 4.78 is 19.1. The Morgan fingerprint density at radius 1 is 1.03 bits per heavy atom. The number of H-pyrrole nitrogens is 1. The van der Waals surface area contributed by atoms with Crippen molar-refractivity contribution in [2.24, 2.45) is 11.8 Å². The number of carbonyl (C=O) groups excluding carboxylic acids is 1. The molecule has 1 aliphatic carbocycles. The average molecular weight is 437 g/mol. The molecule has 32 heavy (non-hydrogen) atoms. The monoisotopic (exact) mass is 436 g/mol. The zero-order chi connectivity index (χ0) is 22.6. The van der Waals surface area contributed by atoms with Gasteiger partial charge in [0, 0.05) is 24.0 Å². The van der Waals surface area contributed by atoms with Gasteiger partial charge in [-0.1, -0.05) is 12.1 Å². The van der Waals surface area contributed by atoms with Crippen LogP contribution in [-0.4, -0.2) is 46.2 Å². The van der Waals surface area contributed by atoms with Crippen LogP contribution in [0.15, 0.2) is 36.4 Å². The standard InChI is InChI=1S/C26H29FN2O3/c1-14-4-5-15(2)24-23(14)16(3)25(28-24)26(31)29-12-17-10-21(30)22(11-18(17)13-29)32-20-8-6-19(27)7-9-20/h4-9,17-18,21-22,28,30H,10-13H2,1-3H3/t17-,18+,21+,22+/m0/s1. The van der Waals surface area contributed by atoms with E-state index in [9.17, 15) is 14.3 Å².